The van der Waals surface area contributed by atoms with Gasteiger partial charge in [0.2, 0.25) is 0 Å². The SMILES string of the molecule is C=C(N)C(=C(/C)CCCC)/C(C)=C(\I)CC1CCC(C)(C)CC1. The van der Waals surface area contributed by atoms with Crippen LogP contribution in [-0.2, 0) is 0 Å². The molecule has 23 heavy (non-hydrogen) atoms. The van der Waals surface area contributed by atoms with E-state index in [1.165, 1.54) is 65.2 Å². The molecule has 0 aliphatic heterocycles. The fourth-order valence-corrected chi connectivity index (χ4v) is 4.50. The number of nitrogens with two attached hydrogens (primary N) is 1. The van der Waals surface area contributed by atoms with Gasteiger partial charge in [0.15, 0.2) is 0 Å². The number of hydrogen-bond acceptors (Lipinski definition) is 1. The molecule has 0 spiro atoms. The van der Waals surface area contributed by atoms with Gasteiger partial charge in [-0.2, -0.15) is 0 Å². The van der Waals surface area contributed by atoms with Crippen molar-refractivity contribution in [1.29, 1.82) is 0 Å². The number of halogens is 1. The third-order valence-electron chi connectivity index (χ3n) is 5.36. The van der Waals surface area contributed by atoms with Crippen molar-refractivity contribution in [2.24, 2.45) is 17.1 Å². The van der Waals surface area contributed by atoms with Crippen LogP contribution in [0.5, 0.6) is 0 Å². The van der Waals surface area contributed by atoms with Gasteiger partial charge in [0.05, 0.1) is 0 Å². The van der Waals surface area contributed by atoms with Crippen LogP contribution in [0.2, 0.25) is 0 Å². The molecule has 0 amide bonds. The molecular weight excluding hydrogens is 393 g/mol. The number of allylic oxidation sites excluding steroid dienone is 3. The predicted molar refractivity (Wildman–Crippen MR) is 113 cm³/mol. The van der Waals surface area contributed by atoms with Crippen LogP contribution in [0.4, 0.5) is 0 Å². The van der Waals surface area contributed by atoms with Crippen molar-refractivity contribution >= 4 is 22.6 Å². The lowest BCUT2D eigenvalue weighted by molar-refractivity contribution is 0.192. The lowest BCUT2D eigenvalue weighted by atomic mass is 9.72. The summed E-state index contributed by atoms with van der Waals surface area (Å²) in [5.74, 6) is 0.841. The lowest BCUT2D eigenvalue weighted by Gasteiger charge is -2.34. The molecule has 0 aromatic carbocycles. The van der Waals surface area contributed by atoms with Crippen LogP contribution in [0.25, 0.3) is 0 Å². The highest BCUT2D eigenvalue weighted by atomic mass is 127. The molecule has 0 radical (unpaired) electrons. The smallest absolute Gasteiger partial charge is 0.0316 e. The van der Waals surface area contributed by atoms with Crippen LogP contribution in [0, 0.1) is 11.3 Å². The Bertz CT molecular complexity index is 472. The van der Waals surface area contributed by atoms with Gasteiger partial charge in [0, 0.05) is 5.70 Å². The Labute approximate surface area is 158 Å². The fourth-order valence-electron chi connectivity index (χ4n) is 3.61. The summed E-state index contributed by atoms with van der Waals surface area (Å²) in [4.78, 5) is 0. The van der Waals surface area contributed by atoms with E-state index >= 15 is 0 Å². The van der Waals surface area contributed by atoms with Crippen molar-refractivity contribution in [3.63, 3.8) is 0 Å². The molecule has 1 saturated carbocycles. The normalized spacial score (nSPS) is 20.8. The van der Waals surface area contributed by atoms with E-state index in [9.17, 15) is 0 Å². The summed E-state index contributed by atoms with van der Waals surface area (Å²) in [5, 5.41) is 0. The Morgan fingerprint density at radius 3 is 2.26 bits per heavy atom. The number of rotatable bonds is 7. The van der Waals surface area contributed by atoms with E-state index in [0.717, 1.165) is 18.0 Å². The van der Waals surface area contributed by atoms with Crippen LogP contribution in [0.15, 0.2) is 32.6 Å². The van der Waals surface area contributed by atoms with E-state index in [0.29, 0.717) is 5.41 Å². The van der Waals surface area contributed by atoms with E-state index in [1.54, 1.807) is 0 Å². The van der Waals surface area contributed by atoms with Gasteiger partial charge in [-0.05, 0) is 107 Å². The highest BCUT2D eigenvalue weighted by molar-refractivity contribution is 14.1. The number of hydrogen-bond donors (Lipinski definition) is 1. The molecule has 132 valence electrons. The Kier molecular flexibility index (Phi) is 8.40. The first-order valence-corrected chi connectivity index (χ1v) is 10.3. The van der Waals surface area contributed by atoms with Crippen molar-refractivity contribution in [1.82, 2.24) is 0 Å². The monoisotopic (exact) mass is 429 g/mol. The molecule has 0 unspecified atom stereocenters. The van der Waals surface area contributed by atoms with E-state index < -0.39 is 0 Å². The van der Waals surface area contributed by atoms with Crippen LogP contribution in [0.1, 0.15) is 86.0 Å². The molecule has 1 nitrogen and oxygen atoms in total. The van der Waals surface area contributed by atoms with Gasteiger partial charge in [0.25, 0.3) is 0 Å². The first kappa shape index (κ1) is 20.8. The maximum Gasteiger partial charge on any atom is 0.0316 e. The maximum absolute atomic E-state index is 6.13. The minimum atomic E-state index is 0.550. The van der Waals surface area contributed by atoms with Gasteiger partial charge < -0.3 is 5.73 Å². The molecule has 1 fully saturated rings. The van der Waals surface area contributed by atoms with Crippen molar-refractivity contribution < 1.29 is 0 Å². The Balaban J connectivity index is 2.86. The minimum Gasteiger partial charge on any atom is -0.399 e. The lowest BCUT2D eigenvalue weighted by Crippen LogP contribution is -2.21. The zero-order valence-corrected chi connectivity index (χ0v) is 18.1. The van der Waals surface area contributed by atoms with E-state index in [2.05, 4.69) is 63.8 Å². The molecule has 0 aromatic heterocycles. The van der Waals surface area contributed by atoms with Gasteiger partial charge in [-0.15, -0.1) is 0 Å². The summed E-state index contributed by atoms with van der Waals surface area (Å²) < 4.78 is 1.48. The second-order valence-corrected chi connectivity index (χ2v) is 9.43. The molecule has 0 atom stereocenters. The van der Waals surface area contributed by atoms with Gasteiger partial charge in [0.1, 0.15) is 0 Å². The van der Waals surface area contributed by atoms with Crippen molar-refractivity contribution in [3.05, 3.63) is 32.6 Å². The first-order chi connectivity index (χ1) is 10.7. The summed E-state index contributed by atoms with van der Waals surface area (Å²) in [6, 6.07) is 0. The van der Waals surface area contributed by atoms with Gasteiger partial charge >= 0.3 is 0 Å². The van der Waals surface area contributed by atoms with E-state index in [-0.39, 0.29) is 0 Å². The summed E-state index contributed by atoms with van der Waals surface area (Å²) in [5.41, 5.74) is 11.4. The molecule has 1 aliphatic rings. The maximum atomic E-state index is 6.13. The zero-order chi connectivity index (χ0) is 17.6. The van der Waals surface area contributed by atoms with Crippen LogP contribution >= 0.6 is 22.6 Å². The van der Waals surface area contributed by atoms with Crippen LogP contribution < -0.4 is 5.73 Å². The van der Waals surface area contributed by atoms with Gasteiger partial charge in [-0.1, -0.05) is 39.3 Å². The first-order valence-electron chi connectivity index (χ1n) is 9.18. The van der Waals surface area contributed by atoms with Crippen molar-refractivity contribution in [3.8, 4) is 0 Å². The Morgan fingerprint density at radius 2 is 1.78 bits per heavy atom. The van der Waals surface area contributed by atoms with Crippen molar-refractivity contribution in [2.45, 2.75) is 86.0 Å². The zero-order valence-electron chi connectivity index (χ0n) is 15.9. The van der Waals surface area contributed by atoms with E-state index in [1.807, 2.05) is 0 Å². The summed E-state index contributed by atoms with van der Waals surface area (Å²) in [6.45, 7) is 15.5. The molecule has 0 aromatic rings. The molecule has 0 bridgehead atoms. The Hall–Kier alpha value is -0.250. The number of unbranched alkanes of at least 4 members (excludes halogenated alkanes) is 1. The van der Waals surface area contributed by atoms with Gasteiger partial charge in [-0.25, -0.2) is 0 Å². The average Bonchev–Trinajstić information content (AvgIpc) is 2.46. The minimum absolute atomic E-state index is 0.550. The third kappa shape index (κ3) is 6.64. The van der Waals surface area contributed by atoms with Gasteiger partial charge in [-0.3, -0.25) is 0 Å². The molecule has 0 heterocycles. The molecular formula is C21H36IN. The molecule has 2 heteroatoms. The van der Waals surface area contributed by atoms with Crippen LogP contribution in [0.3, 0.4) is 0 Å². The summed E-state index contributed by atoms with van der Waals surface area (Å²) >= 11 is 2.55. The van der Waals surface area contributed by atoms with Crippen LogP contribution in [-0.4, -0.2) is 0 Å². The standard InChI is InChI=1S/C21H36IN/c1-7-8-9-15(2)20(17(4)23)16(3)19(22)14-18-10-12-21(5,6)13-11-18/h18H,4,7-14,23H2,1-3,5-6H3/b19-16-,20-15-. The van der Waals surface area contributed by atoms with Crippen molar-refractivity contribution in [2.75, 3.05) is 0 Å². The molecule has 2 N–H and O–H groups in total. The second kappa shape index (κ2) is 9.29. The molecule has 0 saturated heterocycles. The average molecular weight is 429 g/mol. The highest BCUT2D eigenvalue weighted by Gasteiger charge is 2.27. The quantitative estimate of drug-likeness (QED) is 0.334. The summed E-state index contributed by atoms with van der Waals surface area (Å²) in [7, 11) is 0. The molecule has 1 aliphatic carbocycles. The second-order valence-electron chi connectivity index (χ2n) is 8.13. The third-order valence-corrected chi connectivity index (χ3v) is 6.61. The fraction of sp³-hybridized carbons (Fsp3) is 0.714. The topological polar surface area (TPSA) is 26.0 Å². The predicted octanol–water partition coefficient (Wildman–Crippen LogP) is 7.28. The summed E-state index contributed by atoms with van der Waals surface area (Å²) in [6.07, 6.45) is 10.2. The highest BCUT2D eigenvalue weighted by Crippen LogP contribution is 2.42. The van der Waals surface area contributed by atoms with E-state index in [4.69, 9.17) is 5.73 Å². The Morgan fingerprint density at radius 1 is 1.22 bits per heavy atom. The largest absolute Gasteiger partial charge is 0.399 e. The molecule has 1 rings (SSSR count).